The summed E-state index contributed by atoms with van der Waals surface area (Å²) in [7, 11) is 0. The van der Waals surface area contributed by atoms with Crippen LogP contribution in [-0.2, 0) is 16.0 Å². The van der Waals surface area contributed by atoms with Crippen LogP contribution in [0, 0.1) is 0 Å². The normalized spacial score (nSPS) is 22.9. The molecule has 0 radical (unpaired) electrons. The standard InChI is InChI=1S/C17H21NO3/c19-16(18-13-8-3-1-2-4-9-13)15-11-12-7-5-6-10-14(12)17(20)21-15/h5-7,10,13,15H,1-4,8-9,11H2,(H,18,19)/t15-/m1/s1. The zero-order chi connectivity index (χ0) is 14.7. The minimum Gasteiger partial charge on any atom is -0.448 e. The monoisotopic (exact) mass is 287 g/mol. The molecule has 4 heteroatoms. The lowest BCUT2D eigenvalue weighted by atomic mass is 9.98. The van der Waals surface area contributed by atoms with E-state index >= 15 is 0 Å². The maximum absolute atomic E-state index is 12.3. The fourth-order valence-electron chi connectivity index (χ4n) is 3.20. The van der Waals surface area contributed by atoms with E-state index in [1.54, 1.807) is 6.07 Å². The van der Waals surface area contributed by atoms with Crippen LogP contribution in [0.1, 0.15) is 54.4 Å². The van der Waals surface area contributed by atoms with Gasteiger partial charge in [0.1, 0.15) is 0 Å². The molecule has 1 aromatic rings. The molecule has 1 heterocycles. The molecule has 1 N–H and O–H groups in total. The van der Waals surface area contributed by atoms with Gasteiger partial charge in [0.15, 0.2) is 6.10 Å². The van der Waals surface area contributed by atoms with E-state index in [9.17, 15) is 9.59 Å². The molecule has 0 unspecified atom stereocenters. The van der Waals surface area contributed by atoms with Crippen molar-refractivity contribution in [2.24, 2.45) is 0 Å². The van der Waals surface area contributed by atoms with Crippen LogP contribution in [0.25, 0.3) is 0 Å². The maximum atomic E-state index is 12.3. The summed E-state index contributed by atoms with van der Waals surface area (Å²) in [5, 5.41) is 3.06. The number of amides is 1. The Hall–Kier alpha value is -1.84. The van der Waals surface area contributed by atoms with Crippen molar-refractivity contribution in [1.29, 1.82) is 0 Å². The molecule has 2 aliphatic rings. The summed E-state index contributed by atoms with van der Waals surface area (Å²) in [6.07, 6.45) is 6.68. The Kier molecular flexibility index (Phi) is 4.23. The van der Waals surface area contributed by atoms with Crippen LogP contribution >= 0.6 is 0 Å². The van der Waals surface area contributed by atoms with Crippen molar-refractivity contribution in [2.45, 2.75) is 57.1 Å². The maximum Gasteiger partial charge on any atom is 0.339 e. The number of cyclic esters (lactones) is 1. The number of esters is 1. The summed E-state index contributed by atoms with van der Waals surface area (Å²) < 4.78 is 5.30. The Bertz CT molecular complexity index is 533. The molecule has 0 spiro atoms. The molecule has 1 fully saturated rings. The van der Waals surface area contributed by atoms with Crippen LogP contribution in [0.2, 0.25) is 0 Å². The zero-order valence-corrected chi connectivity index (χ0v) is 12.1. The largest absolute Gasteiger partial charge is 0.448 e. The number of ether oxygens (including phenoxy) is 1. The van der Waals surface area contributed by atoms with Crippen molar-refractivity contribution in [3.8, 4) is 0 Å². The third kappa shape index (κ3) is 3.26. The molecule has 1 aliphatic carbocycles. The molecule has 112 valence electrons. The van der Waals surface area contributed by atoms with Crippen molar-refractivity contribution in [3.63, 3.8) is 0 Å². The third-order valence-corrected chi connectivity index (χ3v) is 4.39. The van der Waals surface area contributed by atoms with Gasteiger partial charge in [0.05, 0.1) is 5.56 Å². The first-order valence-electron chi connectivity index (χ1n) is 7.83. The van der Waals surface area contributed by atoms with Gasteiger partial charge in [-0.1, -0.05) is 43.9 Å². The fourth-order valence-corrected chi connectivity index (χ4v) is 3.20. The molecule has 3 rings (SSSR count). The number of benzene rings is 1. The van der Waals surface area contributed by atoms with Gasteiger partial charge in [0.2, 0.25) is 0 Å². The molecule has 1 amide bonds. The first kappa shape index (κ1) is 14.1. The predicted octanol–water partition coefficient (Wildman–Crippen LogP) is 2.61. The Labute approximate surface area is 124 Å². The lowest BCUT2D eigenvalue weighted by Gasteiger charge is -2.26. The van der Waals surface area contributed by atoms with Gasteiger partial charge in [-0.25, -0.2) is 4.79 Å². The van der Waals surface area contributed by atoms with Crippen LogP contribution in [0.15, 0.2) is 24.3 Å². The van der Waals surface area contributed by atoms with E-state index in [1.165, 1.54) is 12.8 Å². The second-order valence-corrected chi connectivity index (χ2v) is 5.95. The predicted molar refractivity (Wildman–Crippen MR) is 79.0 cm³/mol. The van der Waals surface area contributed by atoms with Crippen LogP contribution in [0.3, 0.4) is 0 Å². The number of carbonyl (C=O) groups excluding carboxylic acids is 2. The SMILES string of the molecule is O=C1O[C@@H](C(=O)NC2CCCCCC2)Cc2ccccc21. The van der Waals surface area contributed by atoms with E-state index in [2.05, 4.69) is 5.32 Å². The van der Waals surface area contributed by atoms with Crippen LogP contribution < -0.4 is 5.32 Å². The summed E-state index contributed by atoms with van der Waals surface area (Å²) in [4.78, 5) is 24.3. The number of nitrogens with one attached hydrogen (secondary N) is 1. The van der Waals surface area contributed by atoms with Crippen molar-refractivity contribution in [3.05, 3.63) is 35.4 Å². The summed E-state index contributed by atoms with van der Waals surface area (Å²) in [6, 6.07) is 7.57. The molecule has 0 saturated heterocycles. The van der Waals surface area contributed by atoms with E-state index in [0.717, 1.165) is 31.2 Å². The topological polar surface area (TPSA) is 55.4 Å². The Balaban J connectivity index is 1.65. The van der Waals surface area contributed by atoms with Crippen molar-refractivity contribution in [1.82, 2.24) is 5.32 Å². The number of hydrogen-bond acceptors (Lipinski definition) is 3. The second kappa shape index (κ2) is 6.29. The van der Waals surface area contributed by atoms with Gasteiger partial charge in [-0.15, -0.1) is 0 Å². The van der Waals surface area contributed by atoms with Gasteiger partial charge in [-0.05, 0) is 24.5 Å². The molecule has 1 aliphatic heterocycles. The van der Waals surface area contributed by atoms with Crippen molar-refractivity contribution >= 4 is 11.9 Å². The number of carbonyl (C=O) groups is 2. The van der Waals surface area contributed by atoms with Gasteiger partial charge in [0.25, 0.3) is 5.91 Å². The highest BCUT2D eigenvalue weighted by molar-refractivity contribution is 5.95. The summed E-state index contributed by atoms with van der Waals surface area (Å²) in [5.74, 6) is -0.539. The summed E-state index contributed by atoms with van der Waals surface area (Å²) >= 11 is 0. The quantitative estimate of drug-likeness (QED) is 0.672. The highest BCUT2D eigenvalue weighted by atomic mass is 16.5. The molecule has 1 saturated carbocycles. The summed E-state index contributed by atoms with van der Waals surface area (Å²) in [5.41, 5.74) is 1.48. The molecule has 0 bridgehead atoms. The number of rotatable bonds is 2. The Morgan fingerprint density at radius 3 is 2.57 bits per heavy atom. The van der Waals surface area contributed by atoms with Crippen molar-refractivity contribution < 1.29 is 14.3 Å². The molecule has 0 aromatic heterocycles. The first-order chi connectivity index (χ1) is 10.2. The van der Waals surface area contributed by atoms with E-state index < -0.39 is 12.1 Å². The van der Waals surface area contributed by atoms with Crippen LogP contribution in [-0.4, -0.2) is 24.0 Å². The summed E-state index contributed by atoms with van der Waals surface area (Å²) in [6.45, 7) is 0. The third-order valence-electron chi connectivity index (χ3n) is 4.39. The lowest BCUT2D eigenvalue weighted by molar-refractivity contribution is -0.131. The van der Waals surface area contributed by atoms with Crippen LogP contribution in [0.4, 0.5) is 0 Å². The molecular formula is C17H21NO3. The molecule has 1 aromatic carbocycles. The van der Waals surface area contributed by atoms with Crippen molar-refractivity contribution in [2.75, 3.05) is 0 Å². The van der Waals surface area contributed by atoms with Gasteiger partial charge in [-0.2, -0.15) is 0 Å². The number of hydrogen-bond donors (Lipinski definition) is 1. The molecule has 21 heavy (non-hydrogen) atoms. The van der Waals surface area contributed by atoms with E-state index in [4.69, 9.17) is 4.74 Å². The number of fused-ring (bicyclic) bond motifs is 1. The molecular weight excluding hydrogens is 266 g/mol. The van der Waals surface area contributed by atoms with Gasteiger partial charge < -0.3 is 10.1 Å². The van der Waals surface area contributed by atoms with E-state index in [0.29, 0.717) is 12.0 Å². The Morgan fingerprint density at radius 1 is 1.10 bits per heavy atom. The highest BCUT2D eigenvalue weighted by Crippen LogP contribution is 2.22. The minimum atomic E-state index is -0.685. The molecule has 1 atom stereocenters. The smallest absolute Gasteiger partial charge is 0.339 e. The van der Waals surface area contributed by atoms with Gasteiger partial charge >= 0.3 is 5.97 Å². The van der Waals surface area contributed by atoms with E-state index in [-0.39, 0.29) is 11.9 Å². The molecule has 4 nitrogen and oxygen atoms in total. The van der Waals surface area contributed by atoms with Gasteiger partial charge in [-0.3, -0.25) is 4.79 Å². The zero-order valence-electron chi connectivity index (χ0n) is 12.1. The fraction of sp³-hybridized carbons (Fsp3) is 0.529. The first-order valence-corrected chi connectivity index (χ1v) is 7.83. The van der Waals surface area contributed by atoms with E-state index in [1.807, 2.05) is 18.2 Å². The average Bonchev–Trinajstić information content (AvgIpc) is 2.76. The van der Waals surface area contributed by atoms with Gasteiger partial charge in [0, 0.05) is 12.5 Å². The van der Waals surface area contributed by atoms with Crippen LogP contribution in [0.5, 0.6) is 0 Å². The lowest BCUT2D eigenvalue weighted by Crippen LogP contribution is -2.45. The second-order valence-electron chi connectivity index (χ2n) is 5.95. The minimum absolute atomic E-state index is 0.148. The highest BCUT2D eigenvalue weighted by Gasteiger charge is 2.31. The Morgan fingerprint density at radius 2 is 1.81 bits per heavy atom. The average molecular weight is 287 g/mol.